The van der Waals surface area contributed by atoms with Crippen molar-refractivity contribution in [2.75, 3.05) is 11.9 Å². The minimum absolute atomic E-state index is 0.0681. The Balaban J connectivity index is 1.78. The standard InChI is InChI=1S/C14H14BrN3O/c15-12-6-1-2-7-13(12)17-10-14(19)18-9-11-5-3-4-8-16-11/h1-8,17H,9-10H2,(H,18,19). The fourth-order valence-electron chi connectivity index (χ4n) is 1.53. The maximum Gasteiger partial charge on any atom is 0.239 e. The van der Waals surface area contributed by atoms with Crippen LogP contribution in [0.1, 0.15) is 5.69 Å². The highest BCUT2D eigenvalue weighted by molar-refractivity contribution is 9.10. The minimum Gasteiger partial charge on any atom is -0.375 e. The van der Waals surface area contributed by atoms with Crippen molar-refractivity contribution in [3.8, 4) is 0 Å². The number of halogens is 1. The highest BCUT2D eigenvalue weighted by Crippen LogP contribution is 2.20. The number of hydrogen-bond donors (Lipinski definition) is 2. The highest BCUT2D eigenvalue weighted by Gasteiger charge is 2.03. The molecule has 0 radical (unpaired) electrons. The lowest BCUT2D eigenvalue weighted by Gasteiger charge is -2.08. The molecule has 4 nitrogen and oxygen atoms in total. The van der Waals surface area contributed by atoms with E-state index in [0.717, 1.165) is 15.9 Å². The number of para-hydroxylation sites is 1. The van der Waals surface area contributed by atoms with Gasteiger partial charge in [-0.15, -0.1) is 0 Å². The summed E-state index contributed by atoms with van der Waals surface area (Å²) >= 11 is 3.42. The van der Waals surface area contributed by atoms with E-state index in [0.29, 0.717) is 6.54 Å². The molecule has 0 bridgehead atoms. The van der Waals surface area contributed by atoms with Crippen molar-refractivity contribution in [3.05, 3.63) is 58.8 Å². The van der Waals surface area contributed by atoms with Crippen LogP contribution in [0.25, 0.3) is 0 Å². The Morgan fingerprint density at radius 3 is 2.68 bits per heavy atom. The van der Waals surface area contributed by atoms with Crippen LogP contribution in [-0.2, 0) is 11.3 Å². The Morgan fingerprint density at radius 2 is 1.95 bits per heavy atom. The van der Waals surface area contributed by atoms with Crippen molar-refractivity contribution < 1.29 is 4.79 Å². The highest BCUT2D eigenvalue weighted by atomic mass is 79.9. The number of aromatic nitrogens is 1. The molecule has 0 fully saturated rings. The first-order valence-corrected chi connectivity index (χ1v) is 6.70. The van der Waals surface area contributed by atoms with Gasteiger partial charge in [0.1, 0.15) is 0 Å². The number of nitrogens with one attached hydrogen (secondary N) is 2. The first kappa shape index (κ1) is 13.5. The van der Waals surface area contributed by atoms with Gasteiger partial charge in [-0.3, -0.25) is 9.78 Å². The molecule has 0 saturated heterocycles. The zero-order valence-electron chi connectivity index (χ0n) is 10.3. The molecule has 0 aliphatic carbocycles. The van der Waals surface area contributed by atoms with E-state index in [-0.39, 0.29) is 12.5 Å². The van der Waals surface area contributed by atoms with Crippen LogP contribution in [-0.4, -0.2) is 17.4 Å². The summed E-state index contributed by atoms with van der Waals surface area (Å²) in [5.74, 6) is -0.0681. The Bertz CT molecular complexity index is 545. The summed E-state index contributed by atoms with van der Waals surface area (Å²) in [5.41, 5.74) is 1.74. The number of amides is 1. The van der Waals surface area contributed by atoms with Crippen molar-refractivity contribution in [1.29, 1.82) is 0 Å². The SMILES string of the molecule is O=C(CNc1ccccc1Br)NCc1ccccn1. The van der Waals surface area contributed by atoms with Crippen LogP contribution in [0.5, 0.6) is 0 Å². The van der Waals surface area contributed by atoms with Crippen LogP contribution in [0.3, 0.4) is 0 Å². The molecule has 0 saturated carbocycles. The molecule has 2 rings (SSSR count). The number of anilines is 1. The molecule has 19 heavy (non-hydrogen) atoms. The summed E-state index contributed by atoms with van der Waals surface area (Å²) in [6, 6.07) is 13.3. The zero-order valence-corrected chi connectivity index (χ0v) is 11.9. The van der Waals surface area contributed by atoms with Gasteiger partial charge in [0, 0.05) is 16.4 Å². The predicted octanol–water partition coefficient (Wildman–Crippen LogP) is 2.57. The number of hydrogen-bond acceptors (Lipinski definition) is 3. The average molecular weight is 320 g/mol. The Morgan fingerprint density at radius 1 is 1.16 bits per heavy atom. The van der Waals surface area contributed by atoms with Crippen molar-refractivity contribution in [2.24, 2.45) is 0 Å². The Kier molecular flexibility index (Phi) is 4.92. The maximum atomic E-state index is 11.7. The molecule has 2 aromatic rings. The second kappa shape index (κ2) is 6.89. The van der Waals surface area contributed by atoms with Gasteiger partial charge in [0.25, 0.3) is 0 Å². The van der Waals surface area contributed by atoms with Crippen molar-refractivity contribution in [2.45, 2.75) is 6.54 Å². The minimum atomic E-state index is -0.0681. The third-order valence-corrected chi connectivity index (χ3v) is 3.20. The normalized spacial score (nSPS) is 9.95. The largest absolute Gasteiger partial charge is 0.375 e. The van der Waals surface area contributed by atoms with E-state index < -0.39 is 0 Å². The molecule has 1 amide bonds. The molecule has 1 heterocycles. The third-order valence-electron chi connectivity index (χ3n) is 2.51. The number of benzene rings is 1. The Hall–Kier alpha value is -1.88. The molecule has 1 aromatic carbocycles. The average Bonchev–Trinajstić information content (AvgIpc) is 2.45. The van der Waals surface area contributed by atoms with Crippen LogP contribution in [0, 0.1) is 0 Å². The summed E-state index contributed by atoms with van der Waals surface area (Å²) in [6.45, 7) is 0.673. The van der Waals surface area contributed by atoms with Gasteiger partial charge >= 0.3 is 0 Å². The van der Waals surface area contributed by atoms with E-state index in [9.17, 15) is 4.79 Å². The fourth-order valence-corrected chi connectivity index (χ4v) is 1.96. The molecule has 0 spiro atoms. The second-order valence-electron chi connectivity index (χ2n) is 3.93. The molecule has 5 heteroatoms. The summed E-state index contributed by atoms with van der Waals surface area (Å²) < 4.78 is 0.938. The predicted molar refractivity (Wildman–Crippen MR) is 78.7 cm³/mol. The molecular formula is C14H14BrN3O. The van der Waals surface area contributed by atoms with Gasteiger partial charge in [-0.25, -0.2) is 0 Å². The Labute approximate surface area is 120 Å². The second-order valence-corrected chi connectivity index (χ2v) is 4.79. The molecular weight excluding hydrogens is 306 g/mol. The third kappa shape index (κ3) is 4.37. The van der Waals surface area contributed by atoms with Crippen LogP contribution in [0.4, 0.5) is 5.69 Å². The summed E-state index contributed by atoms with van der Waals surface area (Å²) in [4.78, 5) is 15.8. The lowest BCUT2D eigenvalue weighted by molar-refractivity contribution is -0.119. The number of nitrogens with zero attached hydrogens (tertiary/aromatic N) is 1. The fraction of sp³-hybridized carbons (Fsp3) is 0.143. The monoisotopic (exact) mass is 319 g/mol. The van der Waals surface area contributed by atoms with Gasteiger partial charge in [0.05, 0.1) is 18.8 Å². The van der Waals surface area contributed by atoms with Gasteiger partial charge in [-0.05, 0) is 40.2 Å². The molecule has 1 aromatic heterocycles. The first-order valence-electron chi connectivity index (χ1n) is 5.91. The van der Waals surface area contributed by atoms with Gasteiger partial charge in [-0.1, -0.05) is 18.2 Å². The van der Waals surface area contributed by atoms with Crippen LogP contribution < -0.4 is 10.6 Å². The molecule has 0 aliphatic heterocycles. The van der Waals surface area contributed by atoms with Gasteiger partial charge in [0.15, 0.2) is 0 Å². The molecule has 0 aliphatic rings. The molecule has 98 valence electrons. The number of rotatable bonds is 5. The lowest BCUT2D eigenvalue weighted by atomic mass is 10.3. The number of pyridine rings is 1. The molecule has 0 unspecified atom stereocenters. The van der Waals surface area contributed by atoms with Crippen molar-refractivity contribution >= 4 is 27.5 Å². The summed E-state index contributed by atoms with van der Waals surface area (Å²) in [7, 11) is 0. The lowest BCUT2D eigenvalue weighted by Crippen LogP contribution is -2.29. The molecule has 2 N–H and O–H groups in total. The van der Waals surface area contributed by atoms with E-state index in [2.05, 4.69) is 31.5 Å². The summed E-state index contributed by atoms with van der Waals surface area (Å²) in [6.07, 6.45) is 1.71. The van der Waals surface area contributed by atoms with E-state index in [1.807, 2.05) is 42.5 Å². The van der Waals surface area contributed by atoms with Gasteiger partial charge in [0.2, 0.25) is 5.91 Å². The van der Waals surface area contributed by atoms with E-state index in [1.165, 1.54) is 0 Å². The van der Waals surface area contributed by atoms with Gasteiger partial charge in [-0.2, -0.15) is 0 Å². The van der Waals surface area contributed by atoms with Crippen LogP contribution >= 0.6 is 15.9 Å². The number of carbonyl (C=O) groups is 1. The van der Waals surface area contributed by atoms with Crippen molar-refractivity contribution in [1.82, 2.24) is 10.3 Å². The topological polar surface area (TPSA) is 54.0 Å². The van der Waals surface area contributed by atoms with Gasteiger partial charge < -0.3 is 10.6 Å². The molecule has 0 atom stereocenters. The van der Waals surface area contributed by atoms with Crippen molar-refractivity contribution in [3.63, 3.8) is 0 Å². The first-order chi connectivity index (χ1) is 9.25. The van der Waals surface area contributed by atoms with E-state index >= 15 is 0 Å². The number of carbonyl (C=O) groups excluding carboxylic acids is 1. The van der Waals surface area contributed by atoms with E-state index in [4.69, 9.17) is 0 Å². The quantitative estimate of drug-likeness (QED) is 0.890. The summed E-state index contributed by atoms with van der Waals surface area (Å²) in [5, 5.41) is 5.88. The smallest absolute Gasteiger partial charge is 0.239 e. The van der Waals surface area contributed by atoms with Crippen LogP contribution in [0.15, 0.2) is 53.1 Å². The van der Waals surface area contributed by atoms with E-state index in [1.54, 1.807) is 6.20 Å². The van der Waals surface area contributed by atoms with Crippen LogP contribution in [0.2, 0.25) is 0 Å². The zero-order chi connectivity index (χ0) is 13.5. The maximum absolute atomic E-state index is 11.7.